The van der Waals surface area contributed by atoms with Crippen molar-refractivity contribution >= 4 is 6.02 Å². The Kier molecular flexibility index (Phi) is 5.57. The van der Waals surface area contributed by atoms with Gasteiger partial charge in [0, 0.05) is 24.1 Å². The van der Waals surface area contributed by atoms with E-state index in [9.17, 15) is 13.2 Å². The minimum Gasteiger partial charge on any atom is -0.462 e. The fourth-order valence-corrected chi connectivity index (χ4v) is 4.67. The molecule has 0 aromatic heterocycles. The van der Waals surface area contributed by atoms with Gasteiger partial charge in [0.1, 0.15) is 35.6 Å². The van der Waals surface area contributed by atoms with Gasteiger partial charge in [0.2, 0.25) is 0 Å². The van der Waals surface area contributed by atoms with Crippen molar-refractivity contribution in [1.29, 1.82) is 0 Å². The zero-order chi connectivity index (χ0) is 23.3. The first-order chi connectivity index (χ1) is 14.9. The van der Waals surface area contributed by atoms with E-state index >= 15 is 0 Å². The third-order valence-corrected chi connectivity index (χ3v) is 6.08. The highest BCUT2D eigenvalue weighted by Crippen LogP contribution is 2.53. The van der Waals surface area contributed by atoms with Crippen LogP contribution in [0.2, 0.25) is 0 Å². The Balaban J connectivity index is 1.70. The van der Waals surface area contributed by atoms with Crippen molar-refractivity contribution in [1.82, 2.24) is 5.32 Å². The Labute approximate surface area is 184 Å². The maximum atomic E-state index is 12.8. The van der Waals surface area contributed by atoms with Crippen molar-refractivity contribution < 1.29 is 32.1 Å². The minimum absolute atomic E-state index is 0.00103. The van der Waals surface area contributed by atoms with Crippen molar-refractivity contribution in [2.45, 2.75) is 57.8 Å². The quantitative estimate of drug-likeness (QED) is 0.672. The molecule has 10 heteroatoms. The van der Waals surface area contributed by atoms with E-state index in [0.717, 1.165) is 0 Å². The van der Waals surface area contributed by atoms with Crippen LogP contribution >= 0.6 is 0 Å². The molecule has 1 spiro atoms. The number of aliphatic imine (C=N–C) groups is 1. The van der Waals surface area contributed by atoms with E-state index in [2.05, 4.69) is 35.8 Å². The van der Waals surface area contributed by atoms with Gasteiger partial charge in [0.05, 0.1) is 5.92 Å². The average Bonchev–Trinajstić information content (AvgIpc) is 3.07. The Morgan fingerprint density at radius 1 is 1.28 bits per heavy atom. The second-order valence-corrected chi connectivity index (χ2v) is 9.45. The highest BCUT2D eigenvalue weighted by molar-refractivity contribution is 5.75. The van der Waals surface area contributed by atoms with Crippen molar-refractivity contribution in [3.8, 4) is 11.5 Å². The highest BCUT2D eigenvalue weighted by atomic mass is 19.4. The molecule has 32 heavy (non-hydrogen) atoms. The van der Waals surface area contributed by atoms with Gasteiger partial charge in [-0.25, -0.2) is 4.99 Å². The van der Waals surface area contributed by atoms with Gasteiger partial charge in [-0.2, -0.15) is 0 Å². The van der Waals surface area contributed by atoms with Crippen molar-refractivity contribution in [3.05, 3.63) is 35.6 Å². The summed E-state index contributed by atoms with van der Waals surface area (Å²) in [5.41, 5.74) is 5.20. The lowest BCUT2D eigenvalue weighted by molar-refractivity contribution is -0.274. The van der Waals surface area contributed by atoms with Crippen LogP contribution in [0.25, 0.3) is 0 Å². The molecule has 7 nitrogen and oxygen atoms in total. The number of hydrogen-bond acceptors (Lipinski definition) is 7. The predicted molar refractivity (Wildman–Crippen MR) is 111 cm³/mol. The maximum Gasteiger partial charge on any atom is 0.573 e. The average molecular weight is 455 g/mol. The molecule has 4 atom stereocenters. The number of hydrogen-bond donors (Lipinski definition) is 2. The van der Waals surface area contributed by atoms with Crippen LogP contribution in [0, 0.1) is 11.3 Å². The molecule has 2 unspecified atom stereocenters. The van der Waals surface area contributed by atoms with E-state index in [0.29, 0.717) is 29.9 Å². The second kappa shape index (κ2) is 7.84. The molecule has 0 amide bonds. The highest BCUT2D eigenvalue weighted by Gasteiger charge is 2.54. The van der Waals surface area contributed by atoms with Crippen LogP contribution in [-0.4, -0.2) is 38.4 Å². The third-order valence-electron chi connectivity index (χ3n) is 6.08. The van der Waals surface area contributed by atoms with E-state index in [1.807, 2.05) is 6.08 Å². The Hall–Kier alpha value is -2.46. The summed E-state index contributed by atoms with van der Waals surface area (Å²) in [5, 5.41) is 3.55. The molecule has 1 aromatic carbocycles. The number of halogens is 3. The number of nitrogens with one attached hydrogen (secondary N) is 1. The van der Waals surface area contributed by atoms with Crippen molar-refractivity contribution in [3.63, 3.8) is 0 Å². The van der Waals surface area contributed by atoms with Gasteiger partial charge < -0.3 is 24.7 Å². The fraction of sp³-hybridized carbons (Fsp3) is 0.591. The SMILES string of the molecule is COC(N[C@H]1CC=C2Oc3ccc(OC(F)(F)F)cc3C3(COC(N)=N3)[C@H]2C1)C(C)(C)C. The zero-order valence-corrected chi connectivity index (χ0v) is 18.5. The van der Waals surface area contributed by atoms with Crippen LogP contribution in [0.3, 0.4) is 0 Å². The number of methoxy groups -OCH3 is 1. The fourth-order valence-electron chi connectivity index (χ4n) is 4.67. The summed E-state index contributed by atoms with van der Waals surface area (Å²) in [6, 6.07) is 4.04. The van der Waals surface area contributed by atoms with Crippen molar-refractivity contribution in [2.75, 3.05) is 13.7 Å². The Morgan fingerprint density at radius 2 is 2.03 bits per heavy atom. The molecular formula is C22H28F3N3O4. The molecule has 0 radical (unpaired) electrons. The number of nitrogens with two attached hydrogens (primary N) is 1. The number of nitrogens with zero attached hydrogens (tertiary/aromatic N) is 1. The number of alkyl halides is 3. The number of rotatable bonds is 4. The van der Waals surface area contributed by atoms with E-state index in [1.165, 1.54) is 18.2 Å². The predicted octanol–water partition coefficient (Wildman–Crippen LogP) is 3.79. The standard InChI is InChI=1S/C22H28F3N3O4/c1-20(2,3)18(29-4)27-12-5-7-16-14(9-12)21(11-30-19(26)28-21)15-10-13(32-22(23,24)25)6-8-17(15)31-16/h6-8,10,12,14,18,27H,5,9,11H2,1-4H3,(H2,26,28)/t12-,14-,18?,21?/m0/s1. The van der Waals surface area contributed by atoms with Gasteiger partial charge in [-0.05, 0) is 37.1 Å². The summed E-state index contributed by atoms with van der Waals surface area (Å²) in [4.78, 5) is 4.58. The molecule has 0 bridgehead atoms. The lowest BCUT2D eigenvalue weighted by Gasteiger charge is -2.44. The number of benzene rings is 1. The van der Waals surface area contributed by atoms with Crippen LogP contribution in [0.1, 0.15) is 39.2 Å². The molecule has 4 rings (SSSR count). The van der Waals surface area contributed by atoms with Gasteiger partial charge in [-0.15, -0.1) is 13.2 Å². The lowest BCUT2D eigenvalue weighted by atomic mass is 9.70. The summed E-state index contributed by atoms with van der Waals surface area (Å²) in [5.74, 6) is 0.512. The third kappa shape index (κ3) is 4.25. The first kappa shape index (κ1) is 22.7. The molecular weight excluding hydrogens is 427 g/mol. The summed E-state index contributed by atoms with van der Waals surface area (Å²) in [6.45, 7) is 6.35. The first-order valence-electron chi connectivity index (χ1n) is 10.5. The molecule has 3 aliphatic rings. The largest absolute Gasteiger partial charge is 0.573 e. The summed E-state index contributed by atoms with van der Waals surface area (Å²) < 4.78 is 59.9. The number of amidine groups is 1. The van der Waals surface area contributed by atoms with E-state index in [1.54, 1.807) is 7.11 Å². The topological polar surface area (TPSA) is 87.3 Å². The van der Waals surface area contributed by atoms with Gasteiger partial charge >= 0.3 is 6.36 Å². The van der Waals surface area contributed by atoms with E-state index in [-0.39, 0.29) is 42.0 Å². The summed E-state index contributed by atoms with van der Waals surface area (Å²) in [6.07, 6.45) is -1.67. The molecule has 0 saturated heterocycles. The molecule has 176 valence electrons. The smallest absolute Gasteiger partial charge is 0.462 e. The lowest BCUT2D eigenvalue weighted by Crippen LogP contribution is -2.51. The van der Waals surface area contributed by atoms with Crippen LogP contribution in [-0.2, 0) is 15.0 Å². The van der Waals surface area contributed by atoms with Gasteiger partial charge in [0.25, 0.3) is 6.02 Å². The number of ether oxygens (including phenoxy) is 4. The Morgan fingerprint density at radius 3 is 2.62 bits per heavy atom. The van der Waals surface area contributed by atoms with Gasteiger partial charge in [0.15, 0.2) is 0 Å². The van der Waals surface area contributed by atoms with Crippen LogP contribution in [0.15, 0.2) is 35.0 Å². The second-order valence-electron chi connectivity index (χ2n) is 9.45. The molecule has 2 heterocycles. The molecule has 0 saturated carbocycles. The minimum atomic E-state index is -4.81. The van der Waals surface area contributed by atoms with E-state index in [4.69, 9.17) is 19.9 Å². The summed E-state index contributed by atoms with van der Waals surface area (Å²) in [7, 11) is 1.66. The molecule has 2 aliphatic heterocycles. The normalized spacial score (nSPS) is 28.1. The molecule has 1 aromatic rings. The molecule has 3 N–H and O–H groups in total. The molecule has 0 fully saturated rings. The van der Waals surface area contributed by atoms with E-state index < -0.39 is 11.9 Å². The monoisotopic (exact) mass is 455 g/mol. The number of fused-ring (bicyclic) bond motifs is 4. The van der Waals surface area contributed by atoms with Gasteiger partial charge in [-0.3, -0.25) is 5.32 Å². The summed E-state index contributed by atoms with van der Waals surface area (Å²) >= 11 is 0. The van der Waals surface area contributed by atoms with Crippen LogP contribution < -0.4 is 20.5 Å². The zero-order valence-electron chi connectivity index (χ0n) is 18.5. The Bertz CT molecular complexity index is 941. The van der Waals surface area contributed by atoms with Crippen LogP contribution in [0.4, 0.5) is 13.2 Å². The first-order valence-corrected chi connectivity index (χ1v) is 10.5. The maximum absolute atomic E-state index is 12.8. The van der Waals surface area contributed by atoms with Gasteiger partial charge in [-0.1, -0.05) is 20.8 Å². The molecule has 1 aliphatic carbocycles. The van der Waals surface area contributed by atoms with Crippen molar-refractivity contribution in [2.24, 2.45) is 22.1 Å². The van der Waals surface area contributed by atoms with Crippen LogP contribution in [0.5, 0.6) is 11.5 Å².